The van der Waals surface area contributed by atoms with Gasteiger partial charge in [0.25, 0.3) is 0 Å². The molecule has 0 saturated carbocycles. The third-order valence-electron chi connectivity index (χ3n) is 6.34. The number of aromatic nitrogens is 3. The van der Waals surface area contributed by atoms with Crippen LogP contribution in [0.25, 0.3) is 11.3 Å². The second kappa shape index (κ2) is 12.1. The molecule has 1 aliphatic rings. The third kappa shape index (κ3) is 6.92. The zero-order valence-corrected chi connectivity index (χ0v) is 22.8. The van der Waals surface area contributed by atoms with Crippen molar-refractivity contribution < 1.29 is 26.3 Å². The second-order valence-corrected chi connectivity index (χ2v) is 11.3. The number of pyridine rings is 1. The summed E-state index contributed by atoms with van der Waals surface area (Å²) < 4.78 is 77.2. The van der Waals surface area contributed by atoms with Crippen LogP contribution in [-0.2, 0) is 15.8 Å². The van der Waals surface area contributed by atoms with Crippen molar-refractivity contribution in [3.8, 4) is 22.9 Å². The van der Waals surface area contributed by atoms with E-state index >= 15 is 8.78 Å². The largest absolute Gasteiger partial charge is 0.435 e. The number of ether oxygens (including phenoxy) is 1. The number of nitrogens with zero attached hydrogens (tertiary/aromatic N) is 3. The smallest absolute Gasteiger partial charge is 0.237 e. The molecule has 41 heavy (non-hydrogen) atoms. The highest BCUT2D eigenvalue weighted by molar-refractivity contribution is 7.91. The van der Waals surface area contributed by atoms with Gasteiger partial charge in [-0.3, -0.25) is 4.72 Å². The lowest BCUT2D eigenvalue weighted by Crippen LogP contribution is -2.44. The molecule has 0 bridgehead atoms. The fourth-order valence-corrected chi connectivity index (χ4v) is 5.64. The average Bonchev–Trinajstić information content (AvgIpc) is 2.94. The molecule has 2 aromatic carbocycles. The lowest BCUT2D eigenvalue weighted by molar-refractivity contribution is 0.254. The number of hydrogen-bond acceptors (Lipinski definition) is 8. The summed E-state index contributed by atoms with van der Waals surface area (Å²) in [7, 11) is -4.03. The van der Waals surface area contributed by atoms with Crippen LogP contribution in [0.5, 0.6) is 11.6 Å². The first kappa shape index (κ1) is 28.3. The highest BCUT2D eigenvalue weighted by Gasteiger charge is 2.24. The molecule has 0 radical (unpaired) electrons. The highest BCUT2D eigenvalue weighted by Crippen LogP contribution is 2.37. The summed E-state index contributed by atoms with van der Waals surface area (Å²) in [5, 5.41) is 6.11. The third-order valence-corrected chi connectivity index (χ3v) is 7.59. The van der Waals surface area contributed by atoms with Gasteiger partial charge in [0.2, 0.25) is 27.7 Å². The Balaban J connectivity index is 1.38. The first-order valence-corrected chi connectivity index (χ1v) is 14.4. The molecule has 4 aromatic rings. The van der Waals surface area contributed by atoms with Gasteiger partial charge in [-0.1, -0.05) is 30.3 Å². The van der Waals surface area contributed by atoms with Gasteiger partial charge in [0.15, 0.2) is 11.6 Å². The molecule has 0 spiro atoms. The van der Waals surface area contributed by atoms with Crippen LogP contribution in [0.3, 0.4) is 0 Å². The lowest BCUT2D eigenvalue weighted by atomic mass is 10.1. The normalized spacial score (nSPS) is 17.2. The topological polar surface area (TPSA) is 118 Å². The van der Waals surface area contributed by atoms with Crippen LogP contribution >= 0.6 is 0 Å². The van der Waals surface area contributed by atoms with Crippen molar-refractivity contribution in [3.63, 3.8) is 0 Å². The maximum atomic E-state index is 15.3. The number of benzene rings is 2. The van der Waals surface area contributed by atoms with Gasteiger partial charge < -0.3 is 15.4 Å². The number of piperidine rings is 1. The van der Waals surface area contributed by atoms with Crippen LogP contribution in [0.15, 0.2) is 67.0 Å². The zero-order chi connectivity index (χ0) is 29.0. The SMILES string of the molecule is Cc1cc(NS(=O)(=O)Cc2ccccc2)c(F)c(F)c1Oc1ncccc1-c1ccnc(N[C@@H]2CNC[C@@H](F)C2)n1. The minimum atomic E-state index is -4.03. The first-order chi connectivity index (χ1) is 19.7. The van der Waals surface area contributed by atoms with Crippen molar-refractivity contribution in [2.45, 2.75) is 31.3 Å². The number of sulfonamides is 1. The van der Waals surface area contributed by atoms with Gasteiger partial charge in [0.05, 0.1) is 22.7 Å². The molecule has 214 valence electrons. The minimum Gasteiger partial charge on any atom is -0.435 e. The molecule has 3 N–H and O–H groups in total. The number of aryl methyl sites for hydroxylation is 1. The molecule has 1 fully saturated rings. The molecule has 1 saturated heterocycles. The van der Waals surface area contributed by atoms with Gasteiger partial charge in [-0.25, -0.2) is 32.2 Å². The van der Waals surface area contributed by atoms with Crippen LogP contribution in [0.2, 0.25) is 0 Å². The average molecular weight is 585 g/mol. The van der Waals surface area contributed by atoms with Crippen molar-refractivity contribution >= 4 is 21.7 Å². The van der Waals surface area contributed by atoms with Crippen LogP contribution in [0, 0.1) is 18.6 Å². The van der Waals surface area contributed by atoms with E-state index in [2.05, 4.69) is 30.3 Å². The van der Waals surface area contributed by atoms with Crippen molar-refractivity contribution in [1.82, 2.24) is 20.3 Å². The number of nitrogens with one attached hydrogen (secondary N) is 3. The molecule has 0 aliphatic carbocycles. The first-order valence-electron chi connectivity index (χ1n) is 12.8. The van der Waals surface area contributed by atoms with E-state index in [9.17, 15) is 12.8 Å². The van der Waals surface area contributed by atoms with Gasteiger partial charge >= 0.3 is 0 Å². The van der Waals surface area contributed by atoms with Crippen molar-refractivity contribution in [1.29, 1.82) is 0 Å². The fourth-order valence-electron chi connectivity index (χ4n) is 4.46. The van der Waals surface area contributed by atoms with Gasteiger partial charge in [-0.05, 0) is 42.3 Å². The summed E-state index contributed by atoms with van der Waals surface area (Å²) in [6.07, 6.45) is 2.26. The summed E-state index contributed by atoms with van der Waals surface area (Å²) in [5.41, 5.74) is 0.840. The predicted octanol–water partition coefficient (Wildman–Crippen LogP) is 4.97. The molecule has 2 atom stereocenters. The van der Waals surface area contributed by atoms with E-state index in [-0.39, 0.29) is 23.4 Å². The molecule has 0 amide bonds. The minimum absolute atomic E-state index is 0.0564. The van der Waals surface area contributed by atoms with Crippen molar-refractivity contribution in [3.05, 3.63) is 89.8 Å². The summed E-state index contributed by atoms with van der Waals surface area (Å²) in [6, 6.07) is 14.2. The van der Waals surface area contributed by atoms with E-state index < -0.39 is 45.0 Å². The van der Waals surface area contributed by atoms with E-state index in [1.165, 1.54) is 19.3 Å². The van der Waals surface area contributed by atoms with E-state index in [0.29, 0.717) is 36.3 Å². The van der Waals surface area contributed by atoms with Crippen LogP contribution in [-0.4, -0.2) is 48.7 Å². The Bertz CT molecular complexity index is 1640. The Morgan fingerprint density at radius 3 is 2.61 bits per heavy atom. The summed E-state index contributed by atoms with van der Waals surface area (Å²) in [5.74, 6) is -3.46. The van der Waals surface area contributed by atoms with Crippen molar-refractivity contribution in [2.75, 3.05) is 23.1 Å². The monoisotopic (exact) mass is 584 g/mol. The van der Waals surface area contributed by atoms with Gasteiger partial charge in [0.1, 0.15) is 6.17 Å². The molecule has 9 nitrogen and oxygen atoms in total. The van der Waals surface area contributed by atoms with Gasteiger partial charge in [-0.15, -0.1) is 0 Å². The van der Waals surface area contributed by atoms with Crippen molar-refractivity contribution in [2.24, 2.45) is 0 Å². The Labute approximate surface area is 235 Å². The lowest BCUT2D eigenvalue weighted by Gasteiger charge is -2.26. The fraction of sp³-hybridized carbons (Fsp3) is 0.250. The zero-order valence-electron chi connectivity index (χ0n) is 21.9. The molecule has 13 heteroatoms. The molecule has 0 unspecified atom stereocenters. The van der Waals surface area contributed by atoms with E-state index in [4.69, 9.17) is 4.74 Å². The Morgan fingerprint density at radius 1 is 1.02 bits per heavy atom. The van der Waals surface area contributed by atoms with Crippen LogP contribution in [0.4, 0.5) is 24.8 Å². The second-order valence-electron chi connectivity index (χ2n) is 9.60. The van der Waals surface area contributed by atoms with Gasteiger partial charge in [-0.2, -0.15) is 4.39 Å². The number of rotatable bonds is 9. The molecule has 5 rings (SSSR count). The van der Waals surface area contributed by atoms with Crippen LogP contribution in [0.1, 0.15) is 17.5 Å². The van der Waals surface area contributed by atoms with E-state index in [1.807, 2.05) is 0 Å². The molecule has 2 aromatic heterocycles. The van der Waals surface area contributed by atoms with E-state index in [0.717, 1.165) is 6.07 Å². The summed E-state index contributed by atoms with van der Waals surface area (Å²) >= 11 is 0. The number of alkyl halides is 1. The number of anilines is 2. The number of hydrogen-bond donors (Lipinski definition) is 3. The maximum Gasteiger partial charge on any atom is 0.237 e. The van der Waals surface area contributed by atoms with Gasteiger partial charge in [0, 0.05) is 37.9 Å². The van der Waals surface area contributed by atoms with Crippen LogP contribution < -0.4 is 20.1 Å². The molecule has 1 aliphatic heterocycles. The predicted molar refractivity (Wildman–Crippen MR) is 149 cm³/mol. The maximum absolute atomic E-state index is 15.3. The molecular weight excluding hydrogens is 557 g/mol. The summed E-state index contributed by atoms with van der Waals surface area (Å²) in [6.45, 7) is 2.31. The Kier molecular flexibility index (Phi) is 8.36. The number of halogens is 3. The summed E-state index contributed by atoms with van der Waals surface area (Å²) in [4.78, 5) is 12.9. The molecular formula is C28H27F3N6O3S. The van der Waals surface area contributed by atoms with E-state index in [1.54, 1.807) is 48.5 Å². The standard InChI is InChI=1S/C28H27F3N6O3S/c1-17-12-23(37-41(38,39)16-18-6-3-2-4-7-18)24(30)25(31)26(17)40-27-21(8-5-10-33-27)22-9-11-34-28(36-22)35-20-13-19(29)14-32-15-20/h2-12,19-20,32,37H,13-16H2,1H3,(H,34,35,36)/t19-,20-/m0/s1. The quantitative estimate of drug-likeness (QED) is 0.252. The molecule has 3 heterocycles. The Morgan fingerprint density at radius 2 is 1.83 bits per heavy atom. The highest BCUT2D eigenvalue weighted by atomic mass is 32.2. The Hall–Kier alpha value is -4.23.